The Morgan fingerprint density at radius 3 is 2.46 bits per heavy atom. The van der Waals surface area contributed by atoms with Crippen LogP contribution in [-0.4, -0.2) is 33.9 Å². The van der Waals surface area contributed by atoms with Crippen LogP contribution in [0.4, 0.5) is 5.69 Å². The van der Waals surface area contributed by atoms with Crippen LogP contribution in [-0.2, 0) is 6.54 Å². The van der Waals surface area contributed by atoms with Crippen molar-refractivity contribution in [2.45, 2.75) is 56.8 Å². The number of fused-ring (bicyclic) bond motifs is 2. The van der Waals surface area contributed by atoms with Crippen molar-refractivity contribution in [3.8, 4) is 0 Å². The molecule has 2 aromatic carbocycles. The second-order valence-corrected chi connectivity index (χ2v) is 7.85. The molecule has 0 aliphatic carbocycles. The molecule has 28 heavy (non-hydrogen) atoms. The quantitative estimate of drug-likeness (QED) is 0.631. The van der Waals surface area contributed by atoms with E-state index in [0.29, 0.717) is 17.6 Å². The number of nitrogens with one attached hydrogen (secondary N) is 1. The molecular weight excluding hydrogens is 354 g/mol. The smallest absolute Gasteiger partial charge is 0.270 e. The first-order valence-electron chi connectivity index (χ1n) is 9.95. The molecule has 2 bridgehead atoms. The summed E-state index contributed by atoms with van der Waals surface area (Å²) in [4.78, 5) is 25.7. The molecule has 3 atom stereocenters. The monoisotopic (exact) mass is 379 g/mol. The van der Waals surface area contributed by atoms with Crippen LogP contribution in [0.5, 0.6) is 0 Å². The summed E-state index contributed by atoms with van der Waals surface area (Å²) in [7, 11) is 0. The molecule has 0 aromatic heterocycles. The highest BCUT2D eigenvalue weighted by Gasteiger charge is 2.38. The Balaban J connectivity index is 1.42. The fourth-order valence-electron chi connectivity index (χ4n) is 4.68. The zero-order valence-corrected chi connectivity index (χ0v) is 15.8. The molecule has 1 amide bonds. The minimum absolute atomic E-state index is 0.0535. The molecule has 2 aromatic rings. The number of non-ortho nitro benzene ring substituents is 1. The van der Waals surface area contributed by atoms with Crippen molar-refractivity contribution in [1.82, 2.24) is 10.2 Å². The van der Waals surface area contributed by atoms with Crippen LogP contribution < -0.4 is 5.32 Å². The standard InChI is InChI=1S/C22H25N3O3/c26-22(17-8-4-11-21(12-17)25(27)28)23-18-13-19-9-5-10-20(14-18)24(19)15-16-6-2-1-3-7-16/h1-4,6-8,11-12,18-20H,5,9-10,13-15H2,(H,23,26)/t18?,19-,20+. The van der Waals surface area contributed by atoms with Gasteiger partial charge < -0.3 is 5.32 Å². The Hall–Kier alpha value is -2.73. The van der Waals surface area contributed by atoms with Gasteiger partial charge in [0.05, 0.1) is 4.92 Å². The zero-order valence-electron chi connectivity index (χ0n) is 15.8. The fourth-order valence-corrected chi connectivity index (χ4v) is 4.68. The summed E-state index contributed by atoms with van der Waals surface area (Å²) in [6.07, 6.45) is 5.43. The lowest BCUT2D eigenvalue weighted by atomic mass is 9.81. The van der Waals surface area contributed by atoms with Gasteiger partial charge in [0, 0.05) is 42.4 Å². The van der Waals surface area contributed by atoms with Gasteiger partial charge in [-0.15, -0.1) is 0 Å². The highest BCUT2D eigenvalue weighted by Crippen LogP contribution is 2.35. The number of rotatable bonds is 5. The maximum Gasteiger partial charge on any atom is 0.270 e. The van der Waals surface area contributed by atoms with E-state index in [9.17, 15) is 14.9 Å². The second-order valence-electron chi connectivity index (χ2n) is 7.85. The van der Waals surface area contributed by atoms with Gasteiger partial charge in [0.25, 0.3) is 11.6 Å². The summed E-state index contributed by atoms with van der Waals surface area (Å²) in [6.45, 7) is 0.960. The van der Waals surface area contributed by atoms with E-state index in [4.69, 9.17) is 0 Å². The van der Waals surface area contributed by atoms with Gasteiger partial charge in [0.15, 0.2) is 0 Å². The number of carbonyl (C=O) groups is 1. The number of amides is 1. The summed E-state index contributed by atoms with van der Waals surface area (Å²) in [5.41, 5.74) is 1.63. The van der Waals surface area contributed by atoms with Crippen LogP contribution in [0.2, 0.25) is 0 Å². The Morgan fingerprint density at radius 1 is 1.07 bits per heavy atom. The van der Waals surface area contributed by atoms with Crippen LogP contribution in [0.15, 0.2) is 54.6 Å². The van der Waals surface area contributed by atoms with E-state index in [1.807, 2.05) is 6.07 Å². The molecule has 0 radical (unpaired) electrons. The van der Waals surface area contributed by atoms with Gasteiger partial charge in [-0.05, 0) is 37.3 Å². The van der Waals surface area contributed by atoms with Crippen molar-refractivity contribution < 1.29 is 9.72 Å². The van der Waals surface area contributed by atoms with Crippen molar-refractivity contribution in [3.05, 3.63) is 75.8 Å². The average Bonchev–Trinajstić information content (AvgIpc) is 2.69. The number of nitro groups is 1. The molecule has 1 unspecified atom stereocenters. The first-order valence-corrected chi connectivity index (χ1v) is 9.95. The topological polar surface area (TPSA) is 75.5 Å². The Labute approximate surface area is 164 Å². The van der Waals surface area contributed by atoms with Crippen LogP contribution in [0, 0.1) is 10.1 Å². The van der Waals surface area contributed by atoms with E-state index in [0.717, 1.165) is 32.2 Å². The molecular formula is C22H25N3O3. The van der Waals surface area contributed by atoms with E-state index in [1.54, 1.807) is 12.1 Å². The summed E-state index contributed by atoms with van der Waals surface area (Å²) >= 11 is 0. The first kappa shape index (κ1) is 18.6. The van der Waals surface area contributed by atoms with Crippen molar-refractivity contribution in [2.24, 2.45) is 0 Å². The average molecular weight is 379 g/mol. The van der Waals surface area contributed by atoms with Gasteiger partial charge in [0.1, 0.15) is 0 Å². The highest BCUT2D eigenvalue weighted by atomic mass is 16.6. The predicted octanol–water partition coefficient (Wildman–Crippen LogP) is 3.91. The van der Waals surface area contributed by atoms with E-state index in [2.05, 4.69) is 34.5 Å². The van der Waals surface area contributed by atoms with E-state index in [-0.39, 0.29) is 17.6 Å². The number of carbonyl (C=O) groups excluding carboxylic acids is 1. The molecule has 2 fully saturated rings. The Morgan fingerprint density at radius 2 is 1.79 bits per heavy atom. The largest absolute Gasteiger partial charge is 0.349 e. The molecule has 146 valence electrons. The third-order valence-electron chi connectivity index (χ3n) is 5.99. The maximum atomic E-state index is 12.6. The van der Waals surface area contributed by atoms with Crippen molar-refractivity contribution in [3.63, 3.8) is 0 Å². The molecule has 2 saturated heterocycles. The van der Waals surface area contributed by atoms with Crippen LogP contribution >= 0.6 is 0 Å². The molecule has 2 heterocycles. The first-order chi connectivity index (χ1) is 13.6. The van der Waals surface area contributed by atoms with Gasteiger partial charge in [-0.1, -0.05) is 42.8 Å². The second kappa shape index (κ2) is 8.10. The molecule has 0 spiro atoms. The van der Waals surface area contributed by atoms with Crippen LogP contribution in [0.1, 0.15) is 48.0 Å². The molecule has 1 N–H and O–H groups in total. The number of nitro benzene ring substituents is 1. The maximum absolute atomic E-state index is 12.6. The third kappa shape index (κ3) is 4.07. The van der Waals surface area contributed by atoms with Gasteiger partial charge in [0.2, 0.25) is 0 Å². The molecule has 4 rings (SSSR count). The van der Waals surface area contributed by atoms with E-state index < -0.39 is 4.92 Å². The molecule has 6 heteroatoms. The molecule has 6 nitrogen and oxygen atoms in total. The fraction of sp³-hybridized carbons (Fsp3) is 0.409. The SMILES string of the molecule is O=C(NC1C[C@H]2CCC[C@@H](C1)N2Cc1ccccc1)c1cccc([N+](=O)[O-])c1. The van der Waals surface area contributed by atoms with Crippen molar-refractivity contribution >= 4 is 11.6 Å². The third-order valence-corrected chi connectivity index (χ3v) is 5.99. The summed E-state index contributed by atoms with van der Waals surface area (Å²) in [5, 5.41) is 14.1. The Bertz CT molecular complexity index is 841. The van der Waals surface area contributed by atoms with E-state index in [1.165, 1.54) is 24.1 Å². The number of benzene rings is 2. The van der Waals surface area contributed by atoms with Crippen LogP contribution in [0.3, 0.4) is 0 Å². The zero-order chi connectivity index (χ0) is 19.5. The van der Waals surface area contributed by atoms with Crippen molar-refractivity contribution in [1.29, 1.82) is 0 Å². The molecule has 2 aliphatic rings. The van der Waals surface area contributed by atoms with Crippen LogP contribution in [0.25, 0.3) is 0 Å². The predicted molar refractivity (Wildman–Crippen MR) is 107 cm³/mol. The van der Waals surface area contributed by atoms with E-state index >= 15 is 0 Å². The Kier molecular flexibility index (Phi) is 5.39. The summed E-state index contributed by atoms with van der Waals surface area (Å²) in [5.74, 6) is -0.219. The van der Waals surface area contributed by atoms with Gasteiger partial charge in [-0.3, -0.25) is 19.8 Å². The lowest BCUT2D eigenvalue weighted by molar-refractivity contribution is -0.384. The van der Waals surface area contributed by atoms with Crippen molar-refractivity contribution in [2.75, 3.05) is 0 Å². The van der Waals surface area contributed by atoms with Gasteiger partial charge in [-0.2, -0.15) is 0 Å². The molecule has 2 aliphatic heterocycles. The van der Waals surface area contributed by atoms with Gasteiger partial charge >= 0.3 is 0 Å². The molecule has 0 saturated carbocycles. The minimum Gasteiger partial charge on any atom is -0.349 e. The number of nitrogens with zero attached hydrogens (tertiary/aromatic N) is 2. The number of piperidine rings is 2. The lowest BCUT2D eigenvalue weighted by Gasteiger charge is -2.49. The minimum atomic E-state index is -0.469. The number of hydrogen-bond acceptors (Lipinski definition) is 4. The normalized spacial score (nSPS) is 24.5. The highest BCUT2D eigenvalue weighted by molar-refractivity contribution is 5.95. The summed E-state index contributed by atoms with van der Waals surface area (Å²) in [6, 6.07) is 17.6. The summed E-state index contributed by atoms with van der Waals surface area (Å²) < 4.78 is 0. The number of hydrogen-bond donors (Lipinski definition) is 1. The van der Waals surface area contributed by atoms with Gasteiger partial charge in [-0.25, -0.2) is 0 Å². The lowest BCUT2D eigenvalue weighted by Crippen LogP contribution is -2.56.